The first-order valence-electron chi connectivity index (χ1n) is 10.2. The molecule has 1 aromatic rings. The Morgan fingerprint density at radius 3 is 2.40 bits per heavy atom. The second-order valence-corrected chi connectivity index (χ2v) is 8.08. The predicted octanol–water partition coefficient (Wildman–Crippen LogP) is 2.27. The van der Waals surface area contributed by atoms with Gasteiger partial charge in [-0.2, -0.15) is 5.26 Å². The summed E-state index contributed by atoms with van der Waals surface area (Å²) >= 11 is 0. The van der Waals surface area contributed by atoms with Crippen LogP contribution >= 0.6 is 0 Å². The highest BCUT2D eigenvalue weighted by Crippen LogP contribution is 2.12. The van der Waals surface area contributed by atoms with Gasteiger partial charge in [0.1, 0.15) is 17.7 Å². The first kappa shape index (κ1) is 25.4. The zero-order valence-electron chi connectivity index (χ0n) is 18.3. The minimum Gasteiger partial charge on any atom is -0.468 e. The van der Waals surface area contributed by atoms with Crippen LogP contribution in [0.15, 0.2) is 30.3 Å². The number of esters is 1. The summed E-state index contributed by atoms with van der Waals surface area (Å²) in [7, 11) is 1.31. The summed E-state index contributed by atoms with van der Waals surface area (Å²) in [6.45, 7) is 5.82. The van der Waals surface area contributed by atoms with E-state index in [2.05, 4.69) is 16.7 Å². The number of nitrogens with two attached hydrogens (primary N) is 1. The van der Waals surface area contributed by atoms with Crippen molar-refractivity contribution in [1.29, 1.82) is 5.26 Å². The van der Waals surface area contributed by atoms with Crippen LogP contribution in [0.25, 0.3) is 0 Å². The first-order chi connectivity index (χ1) is 14.2. The molecule has 8 heteroatoms. The molecule has 1 rings (SSSR count). The van der Waals surface area contributed by atoms with E-state index in [0.717, 1.165) is 12.0 Å². The molecule has 0 heterocycles. The number of nitrogens with one attached hydrogen (secondary N) is 2. The van der Waals surface area contributed by atoms with Crippen molar-refractivity contribution in [2.45, 2.75) is 70.2 Å². The highest BCUT2D eigenvalue weighted by Gasteiger charge is 2.30. The summed E-state index contributed by atoms with van der Waals surface area (Å²) < 4.78 is 10.2. The smallest absolute Gasteiger partial charge is 0.407 e. The molecule has 0 spiro atoms. The van der Waals surface area contributed by atoms with Gasteiger partial charge >= 0.3 is 12.1 Å². The number of nitriles is 1. The minimum atomic E-state index is -0.834. The Morgan fingerprint density at radius 2 is 1.87 bits per heavy atom. The number of alkyl carbamates (subject to hydrolysis) is 1. The third-order valence-corrected chi connectivity index (χ3v) is 4.36. The van der Waals surface area contributed by atoms with Crippen molar-refractivity contribution in [3.05, 3.63) is 35.9 Å². The van der Waals surface area contributed by atoms with E-state index in [1.54, 1.807) is 20.8 Å². The van der Waals surface area contributed by atoms with E-state index in [1.165, 1.54) is 7.11 Å². The molecule has 0 aliphatic carbocycles. The number of nitrogens with zero attached hydrogens (tertiary/aromatic N) is 1. The molecule has 0 saturated heterocycles. The molecule has 0 radical (unpaired) electrons. The monoisotopic (exact) mass is 418 g/mol. The topological polar surface area (TPSA) is 126 Å². The second-order valence-electron chi connectivity index (χ2n) is 8.08. The Hall–Kier alpha value is -2.63. The molecule has 0 aliphatic heterocycles. The van der Waals surface area contributed by atoms with Crippen LogP contribution in [0.1, 0.15) is 45.6 Å². The Labute approximate surface area is 179 Å². The van der Waals surface area contributed by atoms with Crippen LogP contribution in [0.3, 0.4) is 0 Å². The first-order valence-corrected chi connectivity index (χ1v) is 10.2. The van der Waals surface area contributed by atoms with Crippen LogP contribution in [-0.4, -0.2) is 49.4 Å². The van der Waals surface area contributed by atoms with E-state index < -0.39 is 35.8 Å². The highest BCUT2D eigenvalue weighted by molar-refractivity contribution is 5.75. The Bertz CT molecular complexity index is 697. The molecule has 4 N–H and O–H groups in total. The van der Waals surface area contributed by atoms with Crippen LogP contribution in [0.5, 0.6) is 0 Å². The van der Waals surface area contributed by atoms with Crippen molar-refractivity contribution >= 4 is 12.1 Å². The Morgan fingerprint density at radius 1 is 1.20 bits per heavy atom. The fraction of sp³-hybridized carbons (Fsp3) is 0.591. The van der Waals surface area contributed by atoms with Crippen molar-refractivity contribution < 1.29 is 19.1 Å². The second kappa shape index (κ2) is 12.8. The maximum absolute atomic E-state index is 12.4. The number of hydrogen-bond donors (Lipinski definition) is 3. The van der Waals surface area contributed by atoms with Gasteiger partial charge in [0, 0.05) is 0 Å². The molecule has 0 saturated carbocycles. The molecule has 166 valence electrons. The SMILES string of the molecule is COC(=O)[C@H](CCCCN)NC(C#N)[C@H](Cc1ccccc1)NC(=O)OC(C)(C)C. The molecule has 1 amide bonds. The molecule has 30 heavy (non-hydrogen) atoms. The molecule has 3 atom stereocenters. The molecule has 8 nitrogen and oxygen atoms in total. The van der Waals surface area contributed by atoms with E-state index in [0.29, 0.717) is 25.8 Å². The lowest BCUT2D eigenvalue weighted by atomic mass is 9.98. The fourth-order valence-corrected chi connectivity index (χ4v) is 2.94. The van der Waals surface area contributed by atoms with E-state index >= 15 is 0 Å². The maximum atomic E-state index is 12.4. The third-order valence-electron chi connectivity index (χ3n) is 4.36. The van der Waals surface area contributed by atoms with Crippen LogP contribution in [0.2, 0.25) is 0 Å². The third kappa shape index (κ3) is 9.72. The molecule has 1 unspecified atom stereocenters. The zero-order chi connectivity index (χ0) is 22.6. The van der Waals surface area contributed by atoms with Gasteiger partial charge in [-0.15, -0.1) is 0 Å². The number of hydrogen-bond acceptors (Lipinski definition) is 7. The number of benzene rings is 1. The fourth-order valence-electron chi connectivity index (χ4n) is 2.94. The highest BCUT2D eigenvalue weighted by atomic mass is 16.6. The van der Waals surface area contributed by atoms with Gasteiger partial charge < -0.3 is 20.5 Å². The number of methoxy groups -OCH3 is 1. The van der Waals surface area contributed by atoms with E-state index in [-0.39, 0.29) is 0 Å². The molecule has 0 aromatic heterocycles. The van der Waals surface area contributed by atoms with Gasteiger partial charge in [0.2, 0.25) is 0 Å². The number of carbonyl (C=O) groups excluding carboxylic acids is 2. The van der Waals surface area contributed by atoms with Crippen molar-refractivity contribution in [2.75, 3.05) is 13.7 Å². The lowest BCUT2D eigenvalue weighted by molar-refractivity contribution is -0.143. The minimum absolute atomic E-state index is 0.391. The molecule has 1 aromatic carbocycles. The van der Waals surface area contributed by atoms with Gasteiger partial charge in [-0.25, -0.2) is 4.79 Å². The van der Waals surface area contributed by atoms with Crippen LogP contribution < -0.4 is 16.4 Å². The van der Waals surface area contributed by atoms with Crippen LogP contribution in [0.4, 0.5) is 4.79 Å². The molecule has 0 aliphatic rings. The lowest BCUT2D eigenvalue weighted by Gasteiger charge is -2.29. The van der Waals surface area contributed by atoms with E-state index in [1.807, 2.05) is 30.3 Å². The summed E-state index contributed by atoms with van der Waals surface area (Å²) in [6.07, 6.45) is 1.72. The van der Waals surface area contributed by atoms with Gasteiger partial charge in [0.05, 0.1) is 19.2 Å². The summed E-state index contributed by atoms with van der Waals surface area (Å²) in [6, 6.07) is 9.55. The zero-order valence-corrected chi connectivity index (χ0v) is 18.3. The Balaban J connectivity index is 3.02. The standard InChI is InChI=1S/C22H34N4O4/c1-22(2,3)30-21(28)26-18(14-16-10-6-5-7-11-16)19(15-24)25-17(20(27)29-4)12-8-9-13-23/h5-7,10-11,17-19,25H,8-9,12-14,23H2,1-4H3,(H,26,28)/t17-,18-,19?/m0/s1. The number of amides is 1. The average molecular weight is 419 g/mol. The Kier molecular flexibility index (Phi) is 10.9. The van der Waals surface area contributed by atoms with Crippen molar-refractivity contribution in [1.82, 2.24) is 10.6 Å². The van der Waals surface area contributed by atoms with Crippen LogP contribution in [0, 0.1) is 11.3 Å². The van der Waals surface area contributed by atoms with Gasteiger partial charge in [-0.3, -0.25) is 10.1 Å². The molecule has 0 bridgehead atoms. The van der Waals surface area contributed by atoms with E-state index in [9.17, 15) is 14.9 Å². The summed E-state index contributed by atoms with van der Waals surface area (Å²) in [4.78, 5) is 24.6. The summed E-state index contributed by atoms with van der Waals surface area (Å²) in [5, 5.41) is 15.7. The number of rotatable bonds is 11. The summed E-state index contributed by atoms with van der Waals surface area (Å²) in [5.74, 6) is -0.456. The normalized spacial score (nSPS) is 14.1. The van der Waals surface area contributed by atoms with Crippen molar-refractivity contribution in [3.63, 3.8) is 0 Å². The van der Waals surface area contributed by atoms with Gasteiger partial charge in [0.15, 0.2) is 0 Å². The average Bonchev–Trinajstić information content (AvgIpc) is 2.69. The summed E-state index contributed by atoms with van der Waals surface area (Å²) in [5.41, 5.74) is 5.81. The number of unbranched alkanes of at least 4 members (excludes halogenated alkanes) is 1. The molecular formula is C22H34N4O4. The number of ether oxygens (including phenoxy) is 2. The van der Waals surface area contributed by atoms with Gasteiger partial charge in [0.25, 0.3) is 0 Å². The van der Waals surface area contributed by atoms with Gasteiger partial charge in [-0.1, -0.05) is 36.8 Å². The van der Waals surface area contributed by atoms with Crippen LogP contribution in [-0.2, 0) is 20.7 Å². The maximum Gasteiger partial charge on any atom is 0.407 e. The lowest BCUT2D eigenvalue weighted by Crippen LogP contribution is -2.55. The number of carbonyl (C=O) groups is 2. The molecular weight excluding hydrogens is 384 g/mol. The molecule has 0 fully saturated rings. The van der Waals surface area contributed by atoms with E-state index in [4.69, 9.17) is 15.2 Å². The van der Waals surface area contributed by atoms with Crippen molar-refractivity contribution in [2.24, 2.45) is 5.73 Å². The predicted molar refractivity (Wildman–Crippen MR) is 115 cm³/mol. The van der Waals surface area contributed by atoms with Crippen molar-refractivity contribution in [3.8, 4) is 6.07 Å². The quantitative estimate of drug-likeness (QED) is 0.372. The van der Waals surface area contributed by atoms with Gasteiger partial charge in [-0.05, 0) is 52.1 Å². The largest absolute Gasteiger partial charge is 0.468 e.